The summed E-state index contributed by atoms with van der Waals surface area (Å²) in [6.45, 7) is 2.26. The van der Waals surface area contributed by atoms with Crippen LogP contribution in [0.15, 0.2) is 12.4 Å². The fourth-order valence-electron chi connectivity index (χ4n) is 2.45. The Morgan fingerprint density at radius 1 is 1.10 bits per heavy atom. The quantitative estimate of drug-likeness (QED) is 0.476. The van der Waals surface area contributed by atoms with Crippen LogP contribution < -0.4 is 0 Å². The maximum absolute atomic E-state index is 10.7. The Morgan fingerprint density at radius 2 is 1.67 bits per heavy atom. The Hall–Kier alpha value is -0.320. The summed E-state index contributed by atoms with van der Waals surface area (Å²) in [5.41, 5.74) is 0. The van der Waals surface area contributed by atoms with Crippen LogP contribution in [0.1, 0.15) is 70.5 Å². The molecule has 0 saturated carbocycles. The summed E-state index contributed by atoms with van der Waals surface area (Å²) in [5.74, 6) is 0.0895. The van der Waals surface area contributed by atoms with Crippen LogP contribution >= 0.6 is 0 Å². The van der Waals surface area contributed by atoms with E-state index in [1.807, 2.05) is 0 Å². The fourth-order valence-corrected chi connectivity index (χ4v) is 2.45. The van der Waals surface area contributed by atoms with Crippen LogP contribution in [0, 0.1) is 0 Å². The predicted octanol–water partition coefficient (Wildman–Crippen LogP) is 3.39. The van der Waals surface area contributed by atoms with Crippen molar-refractivity contribution in [1.29, 1.82) is 0 Å². The summed E-state index contributed by atoms with van der Waals surface area (Å²) in [5, 5.41) is 8.79. The molecule has 0 aliphatic rings. The van der Waals surface area contributed by atoms with E-state index in [0.717, 1.165) is 18.7 Å². The molecule has 1 heterocycles. The molecule has 0 radical (unpaired) electrons. The van der Waals surface area contributed by atoms with Crippen LogP contribution in [0.2, 0.25) is 0 Å². The number of imidazole rings is 1. The van der Waals surface area contributed by atoms with Crippen LogP contribution in [0.3, 0.4) is 0 Å². The van der Waals surface area contributed by atoms with Gasteiger partial charge >= 0.3 is 35.5 Å². The first-order valence-electron chi connectivity index (χ1n) is 7.96. The van der Waals surface area contributed by atoms with Gasteiger partial charge < -0.3 is 9.67 Å². The van der Waals surface area contributed by atoms with Gasteiger partial charge in [0.05, 0.1) is 0 Å². The van der Waals surface area contributed by atoms with Crippen LogP contribution in [-0.2, 0) is 17.8 Å². The van der Waals surface area contributed by atoms with Crippen molar-refractivity contribution in [3.8, 4) is 0 Å². The van der Waals surface area contributed by atoms with Crippen molar-refractivity contribution in [2.24, 2.45) is 0 Å². The zero-order valence-corrected chi connectivity index (χ0v) is 12.7. The normalized spacial score (nSPS) is 10.3. The number of aryl methyl sites for hydroxylation is 1. The van der Waals surface area contributed by atoms with Crippen molar-refractivity contribution in [3.63, 3.8) is 0 Å². The second-order valence-electron chi connectivity index (χ2n) is 5.44. The molecule has 0 aliphatic carbocycles. The number of aliphatic carboxylic acids is 1. The van der Waals surface area contributed by atoms with E-state index >= 15 is 0 Å². The molecule has 0 spiro atoms. The molecule has 0 aromatic carbocycles. The number of hydrogen-bond acceptors (Lipinski definition) is 2. The number of nitrogens with zero attached hydrogens (tertiary/aromatic N) is 2. The van der Waals surface area contributed by atoms with Gasteiger partial charge in [-0.25, -0.2) is 4.98 Å². The van der Waals surface area contributed by atoms with Gasteiger partial charge in [0.15, 0.2) is 0 Å². The van der Waals surface area contributed by atoms with E-state index in [4.69, 9.17) is 5.11 Å². The van der Waals surface area contributed by atoms with Crippen LogP contribution in [-0.4, -0.2) is 50.2 Å². The van der Waals surface area contributed by atoms with Gasteiger partial charge in [-0.2, -0.15) is 0 Å². The number of carbonyl (C=O) groups is 1. The topological polar surface area (TPSA) is 55.1 Å². The van der Waals surface area contributed by atoms with Crippen LogP contribution in [0.4, 0.5) is 0 Å². The zero-order chi connectivity index (χ0) is 14.6. The second kappa shape index (κ2) is 13.4. The molecule has 1 rings (SSSR count). The monoisotopic (exact) mass is 304 g/mol. The van der Waals surface area contributed by atoms with Gasteiger partial charge in [-0.05, 0) is 6.42 Å². The van der Waals surface area contributed by atoms with E-state index in [1.165, 1.54) is 51.4 Å². The van der Waals surface area contributed by atoms with Crippen LogP contribution in [0.5, 0.6) is 0 Å². The first kappa shape index (κ1) is 20.7. The first-order chi connectivity index (χ1) is 9.74. The van der Waals surface area contributed by atoms with Gasteiger partial charge in [-0.3, -0.25) is 4.79 Å². The molecular weight excluding hydrogens is 275 g/mol. The van der Waals surface area contributed by atoms with Crippen molar-refractivity contribution in [2.75, 3.05) is 0 Å². The van der Waals surface area contributed by atoms with Gasteiger partial charge in [-0.15, -0.1) is 0 Å². The van der Waals surface area contributed by atoms with Crippen molar-refractivity contribution in [3.05, 3.63) is 18.2 Å². The summed E-state index contributed by atoms with van der Waals surface area (Å²) in [6.07, 6.45) is 16.0. The molecule has 5 heteroatoms. The number of aromatic nitrogens is 2. The molecular formula is C16H29N2NaO2. The fraction of sp³-hybridized carbons (Fsp3) is 0.750. The summed E-state index contributed by atoms with van der Waals surface area (Å²) in [6, 6.07) is 0. The summed E-state index contributed by atoms with van der Waals surface area (Å²) < 4.78 is 1.73. The number of hydrogen-bond donors (Lipinski definition) is 1. The molecule has 0 amide bonds. The standard InChI is InChI=1S/C16H28N2O2.Na.H/c1-2-3-4-5-6-7-8-9-10-11-15-17-12-13-18(15)14-16(19)20;;/h12-13H,2-11,14H2,1H3,(H,19,20);;. The van der Waals surface area contributed by atoms with Crippen LogP contribution in [0.25, 0.3) is 0 Å². The van der Waals surface area contributed by atoms with Crippen molar-refractivity contribution < 1.29 is 9.90 Å². The zero-order valence-electron chi connectivity index (χ0n) is 12.7. The van der Waals surface area contributed by atoms with Gasteiger partial charge in [0, 0.05) is 18.8 Å². The third kappa shape index (κ3) is 10.1. The third-order valence-corrected chi connectivity index (χ3v) is 3.61. The number of rotatable bonds is 12. The second-order valence-corrected chi connectivity index (χ2v) is 5.44. The molecule has 0 saturated heterocycles. The molecule has 1 aromatic rings. The predicted molar refractivity (Wildman–Crippen MR) is 87.9 cm³/mol. The van der Waals surface area contributed by atoms with E-state index < -0.39 is 5.97 Å². The molecule has 1 N–H and O–H groups in total. The molecule has 1 aromatic heterocycles. The Balaban J connectivity index is 0.00000400. The Kier molecular flexibility index (Phi) is 13.1. The Morgan fingerprint density at radius 3 is 2.24 bits per heavy atom. The van der Waals surface area contributed by atoms with E-state index in [-0.39, 0.29) is 36.1 Å². The third-order valence-electron chi connectivity index (χ3n) is 3.61. The summed E-state index contributed by atoms with van der Waals surface area (Å²) in [7, 11) is 0. The summed E-state index contributed by atoms with van der Waals surface area (Å²) in [4.78, 5) is 14.9. The molecule has 0 unspecified atom stereocenters. The number of carboxylic acids is 1. The van der Waals surface area contributed by atoms with Gasteiger partial charge in [-0.1, -0.05) is 58.3 Å². The van der Waals surface area contributed by atoms with E-state index in [2.05, 4.69) is 11.9 Å². The molecule has 0 bridgehead atoms. The van der Waals surface area contributed by atoms with Crippen molar-refractivity contribution in [1.82, 2.24) is 9.55 Å². The Bertz CT molecular complexity index is 380. The average Bonchev–Trinajstić information content (AvgIpc) is 2.83. The van der Waals surface area contributed by atoms with Gasteiger partial charge in [0.2, 0.25) is 0 Å². The maximum atomic E-state index is 10.7. The summed E-state index contributed by atoms with van der Waals surface area (Å²) >= 11 is 0. The van der Waals surface area contributed by atoms with Gasteiger partial charge in [0.25, 0.3) is 0 Å². The molecule has 0 atom stereocenters. The molecule has 0 fully saturated rings. The van der Waals surface area contributed by atoms with E-state index in [0.29, 0.717) is 0 Å². The first-order valence-corrected chi connectivity index (χ1v) is 7.96. The van der Waals surface area contributed by atoms with Gasteiger partial charge in [0.1, 0.15) is 12.4 Å². The van der Waals surface area contributed by atoms with E-state index in [1.54, 1.807) is 17.0 Å². The van der Waals surface area contributed by atoms with E-state index in [9.17, 15) is 4.79 Å². The molecule has 116 valence electrons. The molecule has 0 aliphatic heterocycles. The SMILES string of the molecule is CCCCCCCCCCCc1nccn1CC(=O)O.[NaH]. The minimum absolute atomic E-state index is 0. The number of carboxylic acid groups (broad SMARTS) is 1. The number of unbranched alkanes of at least 4 members (excludes halogenated alkanes) is 8. The minimum atomic E-state index is -0.809. The average molecular weight is 304 g/mol. The van der Waals surface area contributed by atoms with Crippen molar-refractivity contribution >= 4 is 35.5 Å². The Labute approximate surface area is 150 Å². The molecule has 4 nitrogen and oxygen atoms in total. The molecule has 21 heavy (non-hydrogen) atoms. The van der Waals surface area contributed by atoms with Crippen molar-refractivity contribution in [2.45, 2.75) is 77.7 Å².